The second kappa shape index (κ2) is 0.814. The highest BCUT2D eigenvalue weighted by atomic mass is 16.1. The van der Waals surface area contributed by atoms with Crippen molar-refractivity contribution in [3.05, 3.63) is 5.92 Å². The fourth-order valence-electron chi connectivity index (χ4n) is 0.190. The molecule has 0 N–H and O–H groups in total. The van der Waals surface area contributed by atoms with Crippen molar-refractivity contribution in [3.8, 4) is 0 Å². The molecule has 1 rings (SSSR count). The molecular weight excluding hydrogens is 64.0 g/mol. The van der Waals surface area contributed by atoms with Crippen LogP contribution in [-0.2, 0) is 4.79 Å². The smallest absolute Gasteiger partial charge is 0.127 e. The van der Waals surface area contributed by atoms with Gasteiger partial charge < -0.3 is 4.79 Å². The Hall–Kier alpha value is -0.330. The van der Waals surface area contributed by atoms with Crippen LogP contribution in [0.2, 0.25) is 0 Å². The van der Waals surface area contributed by atoms with Gasteiger partial charge in [-0.3, -0.25) is 0 Å². The van der Waals surface area contributed by atoms with Gasteiger partial charge in [-0.25, -0.2) is 0 Å². The predicted molar refractivity (Wildman–Crippen MR) is 18.5 cm³/mol. The Morgan fingerprint density at radius 3 is 2.20 bits per heavy atom. The lowest BCUT2D eigenvalue weighted by molar-refractivity contribution is -0.105. The molecule has 1 heteroatoms. The summed E-state index contributed by atoms with van der Waals surface area (Å²) in [6.07, 6.45) is 3.06. The van der Waals surface area contributed by atoms with Gasteiger partial charge in [0.2, 0.25) is 0 Å². The maximum Gasteiger partial charge on any atom is 0.127 e. The van der Waals surface area contributed by atoms with Crippen molar-refractivity contribution in [1.82, 2.24) is 0 Å². The summed E-state index contributed by atoms with van der Waals surface area (Å²) < 4.78 is 0. The van der Waals surface area contributed by atoms with E-state index in [4.69, 9.17) is 0 Å². The van der Waals surface area contributed by atoms with Gasteiger partial charge in [-0.1, -0.05) is 0 Å². The Bertz CT molecular complexity index is 45.6. The van der Waals surface area contributed by atoms with E-state index in [1.807, 2.05) is 0 Å². The molecule has 0 aromatic rings. The second-order valence-electron chi connectivity index (χ2n) is 1.28. The largest absolute Gasteiger partial charge is 0.303 e. The van der Waals surface area contributed by atoms with Crippen LogP contribution in [0.3, 0.4) is 0 Å². The van der Waals surface area contributed by atoms with Gasteiger partial charge >= 0.3 is 0 Å². The van der Waals surface area contributed by atoms with Crippen LogP contribution in [0.5, 0.6) is 0 Å². The zero-order valence-electron chi connectivity index (χ0n) is 2.90. The predicted octanol–water partition coefficient (Wildman–Crippen LogP) is 0.554. The molecule has 0 atom stereocenters. The van der Waals surface area contributed by atoms with Crippen molar-refractivity contribution in [2.24, 2.45) is 0 Å². The van der Waals surface area contributed by atoms with Gasteiger partial charge in [-0.05, 0) is 12.8 Å². The number of hydrogen-bond acceptors (Lipinski definition) is 1. The maximum absolute atomic E-state index is 9.53. The first-order valence-corrected chi connectivity index (χ1v) is 1.73. The first-order chi connectivity index (χ1) is 2.43. The van der Waals surface area contributed by atoms with Gasteiger partial charge in [0.1, 0.15) is 6.29 Å². The third-order valence-electron chi connectivity index (χ3n) is 0.705. The van der Waals surface area contributed by atoms with E-state index in [-0.39, 0.29) is 0 Å². The SMILES string of the molecule is O=C[C]1CC1. The number of aldehydes is 1. The van der Waals surface area contributed by atoms with Crippen LogP contribution in [0.15, 0.2) is 0 Å². The summed E-state index contributed by atoms with van der Waals surface area (Å²) in [6, 6.07) is 0. The summed E-state index contributed by atoms with van der Waals surface area (Å²) in [7, 11) is 0. The highest BCUT2D eigenvalue weighted by molar-refractivity contribution is 5.73. The van der Waals surface area contributed by atoms with Crippen molar-refractivity contribution >= 4 is 6.29 Å². The zero-order chi connectivity index (χ0) is 3.70. The second-order valence-corrected chi connectivity index (χ2v) is 1.28. The topological polar surface area (TPSA) is 17.1 Å². The summed E-state index contributed by atoms with van der Waals surface area (Å²) >= 11 is 0. The van der Waals surface area contributed by atoms with E-state index < -0.39 is 0 Å². The molecule has 0 spiro atoms. The van der Waals surface area contributed by atoms with Crippen LogP contribution in [-0.4, -0.2) is 6.29 Å². The van der Waals surface area contributed by atoms with Gasteiger partial charge in [0, 0.05) is 5.92 Å². The lowest BCUT2D eigenvalue weighted by atomic mass is 10.5. The molecule has 0 heterocycles. The Morgan fingerprint density at radius 1 is 1.60 bits per heavy atom. The standard InChI is InChI=1S/C4H5O/c5-3-4-1-2-4/h3H,1-2H2. The average molecular weight is 69.1 g/mol. The van der Waals surface area contributed by atoms with Crippen LogP contribution >= 0.6 is 0 Å². The van der Waals surface area contributed by atoms with Gasteiger partial charge in [0.05, 0.1) is 0 Å². The highest BCUT2D eigenvalue weighted by Crippen LogP contribution is 2.28. The first-order valence-electron chi connectivity index (χ1n) is 1.73. The van der Waals surface area contributed by atoms with Crippen molar-refractivity contribution in [1.29, 1.82) is 0 Å². The van der Waals surface area contributed by atoms with Crippen molar-refractivity contribution in [2.45, 2.75) is 12.8 Å². The number of carbonyl (C=O) groups is 1. The van der Waals surface area contributed by atoms with E-state index in [1.165, 1.54) is 0 Å². The van der Waals surface area contributed by atoms with E-state index in [0.717, 1.165) is 25.0 Å². The number of hydrogen-bond donors (Lipinski definition) is 0. The summed E-state index contributed by atoms with van der Waals surface area (Å²) in [5.74, 6) is 1.07. The van der Waals surface area contributed by atoms with E-state index in [2.05, 4.69) is 0 Å². The highest BCUT2D eigenvalue weighted by Gasteiger charge is 2.20. The number of carbonyl (C=O) groups excluding carboxylic acids is 1. The summed E-state index contributed by atoms with van der Waals surface area (Å²) in [6.45, 7) is 0. The van der Waals surface area contributed by atoms with E-state index in [9.17, 15) is 4.79 Å². The normalized spacial score (nSPS) is 22.4. The minimum atomic E-state index is 0.944. The van der Waals surface area contributed by atoms with Crippen molar-refractivity contribution in [2.75, 3.05) is 0 Å². The summed E-state index contributed by atoms with van der Waals surface area (Å²) in [4.78, 5) is 9.53. The Labute approximate surface area is 31.0 Å². The molecule has 0 unspecified atom stereocenters. The molecule has 1 radical (unpaired) electrons. The zero-order valence-corrected chi connectivity index (χ0v) is 2.90. The van der Waals surface area contributed by atoms with Crippen molar-refractivity contribution in [3.63, 3.8) is 0 Å². The van der Waals surface area contributed by atoms with Gasteiger partial charge in [-0.15, -0.1) is 0 Å². The molecule has 1 nitrogen and oxygen atoms in total. The molecule has 1 fully saturated rings. The van der Waals surface area contributed by atoms with Gasteiger partial charge in [0.15, 0.2) is 0 Å². The molecular formula is C4H5O. The quantitative estimate of drug-likeness (QED) is 0.411. The van der Waals surface area contributed by atoms with E-state index in [1.54, 1.807) is 0 Å². The molecule has 1 aliphatic rings. The van der Waals surface area contributed by atoms with Gasteiger partial charge in [0.25, 0.3) is 0 Å². The Balaban J connectivity index is 2.21. The minimum Gasteiger partial charge on any atom is -0.303 e. The van der Waals surface area contributed by atoms with Gasteiger partial charge in [-0.2, -0.15) is 0 Å². The average Bonchev–Trinajstić information content (AvgIpc) is 2.12. The third-order valence-corrected chi connectivity index (χ3v) is 0.705. The molecule has 1 aliphatic carbocycles. The molecule has 27 valence electrons. The van der Waals surface area contributed by atoms with E-state index >= 15 is 0 Å². The molecule has 0 aromatic heterocycles. The van der Waals surface area contributed by atoms with Crippen LogP contribution in [0.1, 0.15) is 12.8 Å². The van der Waals surface area contributed by atoms with Crippen molar-refractivity contribution < 1.29 is 4.79 Å². The molecule has 5 heavy (non-hydrogen) atoms. The minimum absolute atomic E-state index is 0.944. The summed E-state index contributed by atoms with van der Waals surface area (Å²) in [5, 5.41) is 0. The number of rotatable bonds is 1. The summed E-state index contributed by atoms with van der Waals surface area (Å²) in [5.41, 5.74) is 0. The third kappa shape index (κ3) is 0.469. The fraction of sp³-hybridized carbons (Fsp3) is 0.500. The Kier molecular flexibility index (Phi) is 0.469. The van der Waals surface area contributed by atoms with Crippen LogP contribution < -0.4 is 0 Å². The Morgan fingerprint density at radius 2 is 2.20 bits per heavy atom. The van der Waals surface area contributed by atoms with Crippen LogP contribution in [0.4, 0.5) is 0 Å². The monoisotopic (exact) mass is 69.0 g/mol. The lowest BCUT2D eigenvalue weighted by Gasteiger charge is -1.55. The molecule has 0 saturated heterocycles. The molecule has 1 saturated carbocycles. The molecule has 0 aliphatic heterocycles. The van der Waals surface area contributed by atoms with Crippen LogP contribution in [0, 0.1) is 5.92 Å². The molecule has 0 bridgehead atoms. The molecule has 0 amide bonds. The van der Waals surface area contributed by atoms with Crippen LogP contribution in [0.25, 0.3) is 0 Å². The van der Waals surface area contributed by atoms with E-state index in [0.29, 0.717) is 0 Å². The fourth-order valence-corrected chi connectivity index (χ4v) is 0.190. The first kappa shape index (κ1) is 2.88. The molecule has 0 aromatic carbocycles. The maximum atomic E-state index is 9.53. The lowest BCUT2D eigenvalue weighted by Crippen LogP contribution is -1.63.